The Hall–Kier alpha value is -2.21. The topological polar surface area (TPSA) is 51.2 Å². The van der Waals surface area contributed by atoms with Gasteiger partial charge >= 0.3 is 0 Å². The predicted octanol–water partition coefficient (Wildman–Crippen LogP) is 2.71. The lowest BCUT2D eigenvalue weighted by atomic mass is 10.1. The van der Waals surface area contributed by atoms with Crippen LogP contribution in [0, 0.1) is 5.92 Å². The van der Waals surface area contributed by atoms with Gasteiger partial charge in [-0.25, -0.2) is 0 Å². The molecular formula is C21H30N2O4. The maximum absolute atomic E-state index is 12.4. The molecule has 148 valence electrons. The number of carbonyl (C=O) groups is 1. The lowest BCUT2D eigenvalue weighted by Crippen LogP contribution is -2.47. The number of ether oxygens (including phenoxy) is 3. The van der Waals surface area contributed by atoms with E-state index in [1.165, 1.54) is 18.4 Å². The minimum Gasteiger partial charge on any atom is -0.493 e. The molecule has 0 atom stereocenters. The second-order valence-corrected chi connectivity index (χ2v) is 7.26. The van der Waals surface area contributed by atoms with Gasteiger partial charge in [-0.1, -0.05) is 11.6 Å². The number of hydrogen-bond donors (Lipinski definition) is 0. The number of carbonyl (C=O) groups excluding carboxylic acids is 1. The number of allylic oxidation sites excluding steroid dienone is 1. The van der Waals surface area contributed by atoms with E-state index >= 15 is 0 Å². The maximum atomic E-state index is 12.4. The summed E-state index contributed by atoms with van der Waals surface area (Å²) < 4.78 is 16.4. The van der Waals surface area contributed by atoms with E-state index in [0.717, 1.165) is 38.3 Å². The van der Waals surface area contributed by atoms with Crippen LogP contribution >= 0.6 is 0 Å². The number of rotatable bonds is 7. The normalized spacial score (nSPS) is 18.4. The highest BCUT2D eigenvalue weighted by atomic mass is 16.5. The average molecular weight is 374 g/mol. The predicted molar refractivity (Wildman–Crippen MR) is 104 cm³/mol. The van der Waals surface area contributed by atoms with Crippen LogP contribution in [-0.2, 0) is 11.3 Å². The average Bonchev–Trinajstić information content (AvgIpc) is 3.53. The molecule has 0 radical (unpaired) electrons. The Kier molecular flexibility index (Phi) is 6.26. The second-order valence-electron chi connectivity index (χ2n) is 7.26. The molecule has 1 aliphatic heterocycles. The van der Waals surface area contributed by atoms with E-state index in [1.54, 1.807) is 21.3 Å². The number of amides is 1. The Balaban J connectivity index is 1.60. The zero-order valence-corrected chi connectivity index (χ0v) is 16.8. The van der Waals surface area contributed by atoms with E-state index in [4.69, 9.17) is 14.2 Å². The summed E-state index contributed by atoms with van der Waals surface area (Å²) in [6, 6.07) is 3.92. The summed E-state index contributed by atoms with van der Waals surface area (Å²) in [5.41, 5.74) is 2.29. The highest BCUT2D eigenvalue weighted by Crippen LogP contribution is 2.40. The molecule has 1 aliphatic carbocycles. The fourth-order valence-corrected chi connectivity index (χ4v) is 3.60. The van der Waals surface area contributed by atoms with E-state index in [0.29, 0.717) is 23.2 Å². The smallest absolute Gasteiger partial charge is 0.246 e. The molecule has 0 N–H and O–H groups in total. The molecule has 1 aromatic rings. The Morgan fingerprint density at radius 2 is 1.70 bits per heavy atom. The fraction of sp³-hybridized carbons (Fsp3) is 0.571. The molecule has 27 heavy (non-hydrogen) atoms. The van der Waals surface area contributed by atoms with E-state index in [2.05, 4.69) is 11.8 Å². The van der Waals surface area contributed by atoms with Gasteiger partial charge in [-0.05, 0) is 31.7 Å². The molecule has 2 aliphatic rings. The van der Waals surface area contributed by atoms with Crippen molar-refractivity contribution in [3.8, 4) is 17.2 Å². The third-order valence-corrected chi connectivity index (χ3v) is 5.44. The molecule has 1 amide bonds. The van der Waals surface area contributed by atoms with Gasteiger partial charge in [0.2, 0.25) is 11.7 Å². The van der Waals surface area contributed by atoms with Gasteiger partial charge in [-0.2, -0.15) is 0 Å². The molecular weight excluding hydrogens is 344 g/mol. The van der Waals surface area contributed by atoms with Crippen LogP contribution in [0.25, 0.3) is 0 Å². The summed E-state index contributed by atoms with van der Waals surface area (Å²) in [5.74, 6) is 2.78. The number of benzene rings is 1. The van der Waals surface area contributed by atoms with Crippen LogP contribution in [0.3, 0.4) is 0 Å². The quantitative estimate of drug-likeness (QED) is 0.687. The van der Waals surface area contributed by atoms with E-state index in [1.807, 2.05) is 23.1 Å². The highest BCUT2D eigenvalue weighted by molar-refractivity contribution is 5.88. The summed E-state index contributed by atoms with van der Waals surface area (Å²) in [5, 5.41) is 0. The first-order valence-corrected chi connectivity index (χ1v) is 9.54. The van der Waals surface area contributed by atoms with Crippen molar-refractivity contribution in [3.05, 3.63) is 29.3 Å². The SMILES string of the molecule is COc1ccc(CN2CCN(C(=O)C=C(C)C3CC3)CC2)c(OC)c1OC. The monoisotopic (exact) mass is 374 g/mol. The van der Waals surface area contributed by atoms with Crippen LogP contribution in [0.1, 0.15) is 25.3 Å². The van der Waals surface area contributed by atoms with Gasteiger partial charge < -0.3 is 19.1 Å². The van der Waals surface area contributed by atoms with Crippen molar-refractivity contribution in [1.29, 1.82) is 0 Å². The Morgan fingerprint density at radius 3 is 2.26 bits per heavy atom. The van der Waals surface area contributed by atoms with Crippen LogP contribution in [0.15, 0.2) is 23.8 Å². The number of hydrogen-bond acceptors (Lipinski definition) is 5. The van der Waals surface area contributed by atoms with Crippen LogP contribution in [0.5, 0.6) is 17.2 Å². The summed E-state index contributed by atoms with van der Waals surface area (Å²) in [6.07, 6.45) is 4.30. The van der Waals surface area contributed by atoms with Crippen molar-refractivity contribution in [2.75, 3.05) is 47.5 Å². The maximum Gasteiger partial charge on any atom is 0.246 e. The molecule has 1 saturated heterocycles. The molecule has 0 bridgehead atoms. The summed E-state index contributed by atoms with van der Waals surface area (Å²) in [4.78, 5) is 16.7. The molecule has 6 heteroatoms. The Morgan fingerprint density at radius 1 is 1.04 bits per heavy atom. The summed E-state index contributed by atoms with van der Waals surface area (Å²) >= 11 is 0. The number of methoxy groups -OCH3 is 3. The van der Waals surface area contributed by atoms with Crippen molar-refractivity contribution in [2.24, 2.45) is 5.92 Å². The first-order chi connectivity index (χ1) is 13.1. The largest absolute Gasteiger partial charge is 0.493 e. The van der Waals surface area contributed by atoms with Gasteiger partial charge in [0.15, 0.2) is 11.5 Å². The van der Waals surface area contributed by atoms with E-state index in [9.17, 15) is 4.79 Å². The zero-order chi connectivity index (χ0) is 19.4. The lowest BCUT2D eigenvalue weighted by Gasteiger charge is -2.34. The second kappa shape index (κ2) is 8.65. The first-order valence-electron chi connectivity index (χ1n) is 9.54. The van der Waals surface area contributed by atoms with Crippen LogP contribution < -0.4 is 14.2 Å². The summed E-state index contributed by atoms with van der Waals surface area (Å²) in [7, 11) is 4.88. The van der Waals surface area contributed by atoms with Crippen molar-refractivity contribution in [3.63, 3.8) is 0 Å². The van der Waals surface area contributed by atoms with E-state index in [-0.39, 0.29) is 5.91 Å². The standard InChI is InChI=1S/C21H30N2O4/c1-15(16-5-6-16)13-19(24)23-11-9-22(10-12-23)14-17-7-8-18(25-2)21(27-4)20(17)26-3/h7-8,13,16H,5-6,9-12,14H2,1-4H3. The fourth-order valence-electron chi connectivity index (χ4n) is 3.60. The molecule has 0 aromatic heterocycles. The van der Waals surface area contributed by atoms with Crippen molar-refractivity contribution in [2.45, 2.75) is 26.3 Å². The molecule has 1 heterocycles. The number of nitrogens with zero attached hydrogens (tertiary/aromatic N) is 2. The van der Waals surface area contributed by atoms with Crippen molar-refractivity contribution in [1.82, 2.24) is 9.80 Å². The lowest BCUT2D eigenvalue weighted by molar-refractivity contribution is -0.127. The van der Waals surface area contributed by atoms with Gasteiger partial charge in [0, 0.05) is 44.4 Å². The first kappa shape index (κ1) is 19.5. The van der Waals surface area contributed by atoms with Gasteiger partial charge in [-0.3, -0.25) is 9.69 Å². The third-order valence-electron chi connectivity index (χ3n) is 5.44. The van der Waals surface area contributed by atoms with Crippen LogP contribution in [0.2, 0.25) is 0 Å². The minimum absolute atomic E-state index is 0.155. The number of piperazine rings is 1. The molecule has 1 saturated carbocycles. The highest BCUT2D eigenvalue weighted by Gasteiger charge is 2.26. The molecule has 2 fully saturated rings. The minimum atomic E-state index is 0.155. The van der Waals surface area contributed by atoms with Crippen molar-refractivity contribution < 1.29 is 19.0 Å². The molecule has 1 aromatic carbocycles. The van der Waals surface area contributed by atoms with Gasteiger partial charge in [0.25, 0.3) is 0 Å². The Bertz CT molecular complexity index is 704. The van der Waals surface area contributed by atoms with Gasteiger partial charge in [0.05, 0.1) is 21.3 Å². The molecule has 0 spiro atoms. The molecule has 0 unspecified atom stereocenters. The summed E-state index contributed by atoms with van der Waals surface area (Å²) in [6.45, 7) is 6.03. The molecule has 6 nitrogen and oxygen atoms in total. The van der Waals surface area contributed by atoms with Crippen LogP contribution in [-0.4, -0.2) is 63.2 Å². The van der Waals surface area contributed by atoms with Gasteiger partial charge in [0.1, 0.15) is 0 Å². The van der Waals surface area contributed by atoms with Gasteiger partial charge in [-0.15, -0.1) is 0 Å². The third kappa shape index (κ3) is 4.56. The zero-order valence-electron chi connectivity index (χ0n) is 16.8. The molecule has 3 rings (SSSR count). The van der Waals surface area contributed by atoms with E-state index < -0.39 is 0 Å². The van der Waals surface area contributed by atoms with Crippen molar-refractivity contribution >= 4 is 5.91 Å². The van der Waals surface area contributed by atoms with Crippen LogP contribution in [0.4, 0.5) is 0 Å². The Labute approximate surface area is 161 Å².